The number of aromatic nitrogens is 2. The summed E-state index contributed by atoms with van der Waals surface area (Å²) in [5, 5.41) is 14.9. The quantitative estimate of drug-likeness (QED) is 0.317. The van der Waals surface area contributed by atoms with Gasteiger partial charge in [0.2, 0.25) is 5.91 Å². The van der Waals surface area contributed by atoms with Gasteiger partial charge >= 0.3 is 6.18 Å². The van der Waals surface area contributed by atoms with Crippen LogP contribution in [-0.2, 0) is 28.9 Å². The summed E-state index contributed by atoms with van der Waals surface area (Å²) in [7, 11) is 3.27. The van der Waals surface area contributed by atoms with E-state index in [4.69, 9.17) is 4.84 Å². The molecule has 1 amide bonds. The minimum Gasteiger partial charge on any atom is -0.333 e. The highest BCUT2D eigenvalue weighted by Crippen LogP contribution is 2.44. The number of halogens is 3. The highest BCUT2D eigenvalue weighted by atomic mass is 32.1. The molecule has 37 heavy (non-hydrogen) atoms. The monoisotopic (exact) mass is 529 g/mol. The number of benzene rings is 1. The van der Waals surface area contributed by atoms with Crippen molar-refractivity contribution in [3.8, 4) is 17.2 Å². The molecule has 7 nitrogen and oxygen atoms in total. The third-order valence-electron chi connectivity index (χ3n) is 6.29. The Balaban J connectivity index is 1.78. The number of aryl methyl sites for hydroxylation is 1. The van der Waals surface area contributed by atoms with E-state index in [1.54, 1.807) is 60.3 Å². The Bertz CT molecular complexity index is 1350. The molecule has 1 aromatic carbocycles. The summed E-state index contributed by atoms with van der Waals surface area (Å²) in [5.74, 6) is -0.636. The van der Waals surface area contributed by atoms with E-state index in [1.165, 1.54) is 35.4 Å². The normalized spacial score (nSPS) is 15.8. The average molecular weight is 530 g/mol. The molecule has 194 valence electrons. The lowest BCUT2D eigenvalue weighted by atomic mass is 9.83. The van der Waals surface area contributed by atoms with Crippen LogP contribution in [0.25, 0.3) is 11.1 Å². The first-order chi connectivity index (χ1) is 17.7. The molecule has 3 heterocycles. The lowest BCUT2D eigenvalue weighted by Crippen LogP contribution is -2.37. The number of alkyl halides is 3. The van der Waals surface area contributed by atoms with Gasteiger partial charge in [0.25, 0.3) is 0 Å². The summed E-state index contributed by atoms with van der Waals surface area (Å²) in [6, 6.07) is 10.8. The van der Waals surface area contributed by atoms with Crippen molar-refractivity contribution in [1.82, 2.24) is 19.7 Å². The SMILES string of the molecule is CCn1cc(-c2ccccc2[C@@H]2CN(C(=O)/C=C/CN(C)OC)Cc3sc(C#N)cc32)c(C(F)(F)F)n1. The smallest absolute Gasteiger partial charge is 0.333 e. The number of carbonyl (C=O) groups excluding carboxylic acids is 1. The lowest BCUT2D eigenvalue weighted by Gasteiger charge is -2.33. The third-order valence-corrected chi connectivity index (χ3v) is 7.33. The van der Waals surface area contributed by atoms with E-state index in [-0.39, 0.29) is 18.0 Å². The third kappa shape index (κ3) is 5.61. The summed E-state index contributed by atoms with van der Waals surface area (Å²) in [6.07, 6.45) is -0.0553. The number of hydroxylamine groups is 2. The van der Waals surface area contributed by atoms with Gasteiger partial charge in [0.1, 0.15) is 10.9 Å². The zero-order valence-electron chi connectivity index (χ0n) is 20.6. The second-order valence-electron chi connectivity index (χ2n) is 8.60. The molecule has 0 unspecified atom stereocenters. The van der Waals surface area contributed by atoms with Gasteiger partial charge < -0.3 is 9.74 Å². The zero-order chi connectivity index (χ0) is 26.7. The predicted octanol–water partition coefficient (Wildman–Crippen LogP) is 5.05. The molecule has 1 atom stereocenters. The molecule has 0 fully saturated rings. The number of amides is 1. The number of thiophene rings is 1. The van der Waals surface area contributed by atoms with Gasteiger partial charge in [-0.2, -0.15) is 28.6 Å². The van der Waals surface area contributed by atoms with Crippen LogP contribution in [0.15, 0.2) is 48.7 Å². The molecule has 1 aliphatic heterocycles. The van der Waals surface area contributed by atoms with E-state index in [0.717, 1.165) is 10.4 Å². The van der Waals surface area contributed by atoms with E-state index >= 15 is 0 Å². The maximum absolute atomic E-state index is 13.9. The van der Waals surface area contributed by atoms with Crippen molar-refractivity contribution in [3.05, 3.63) is 75.3 Å². The Kier molecular flexibility index (Phi) is 7.82. The highest BCUT2D eigenvalue weighted by Gasteiger charge is 2.39. The van der Waals surface area contributed by atoms with Crippen molar-refractivity contribution < 1.29 is 22.8 Å². The predicted molar refractivity (Wildman–Crippen MR) is 133 cm³/mol. The van der Waals surface area contributed by atoms with Gasteiger partial charge in [0.05, 0.1) is 13.7 Å². The Morgan fingerprint density at radius 3 is 2.76 bits per heavy atom. The minimum atomic E-state index is -4.63. The number of hydrogen-bond donors (Lipinski definition) is 0. The van der Waals surface area contributed by atoms with Gasteiger partial charge in [-0.15, -0.1) is 11.3 Å². The van der Waals surface area contributed by atoms with Crippen LogP contribution in [0, 0.1) is 11.3 Å². The minimum absolute atomic E-state index is 0.00631. The number of fused-ring (bicyclic) bond motifs is 1. The lowest BCUT2D eigenvalue weighted by molar-refractivity contribution is -0.141. The summed E-state index contributed by atoms with van der Waals surface area (Å²) in [5.41, 5.74) is 0.958. The van der Waals surface area contributed by atoms with Gasteiger partial charge in [-0.1, -0.05) is 30.3 Å². The van der Waals surface area contributed by atoms with E-state index in [0.29, 0.717) is 35.6 Å². The van der Waals surface area contributed by atoms with Crippen molar-refractivity contribution in [2.24, 2.45) is 0 Å². The van der Waals surface area contributed by atoms with Crippen LogP contribution in [0.1, 0.15) is 39.4 Å². The van der Waals surface area contributed by atoms with E-state index < -0.39 is 17.8 Å². The number of hydrogen-bond acceptors (Lipinski definition) is 6. The number of carbonyl (C=O) groups is 1. The number of nitrogens with zero attached hydrogens (tertiary/aromatic N) is 5. The summed E-state index contributed by atoms with van der Waals surface area (Å²) in [6.45, 7) is 3.02. The molecule has 11 heteroatoms. The molecular formula is C26H26F3N5O2S. The topological polar surface area (TPSA) is 74.4 Å². The molecule has 2 aromatic heterocycles. The fraction of sp³-hybridized carbons (Fsp3) is 0.346. The zero-order valence-corrected chi connectivity index (χ0v) is 21.4. The van der Waals surface area contributed by atoms with E-state index in [2.05, 4.69) is 11.2 Å². The molecule has 0 radical (unpaired) electrons. The van der Waals surface area contributed by atoms with Crippen molar-refractivity contribution in [2.45, 2.75) is 32.1 Å². The van der Waals surface area contributed by atoms with Crippen LogP contribution < -0.4 is 0 Å². The summed E-state index contributed by atoms with van der Waals surface area (Å²) < 4.78 is 43.1. The van der Waals surface area contributed by atoms with Crippen LogP contribution in [0.2, 0.25) is 0 Å². The molecule has 0 saturated carbocycles. The van der Waals surface area contributed by atoms with Crippen molar-refractivity contribution >= 4 is 17.2 Å². The molecule has 0 spiro atoms. The second kappa shape index (κ2) is 10.9. The van der Waals surface area contributed by atoms with E-state index in [9.17, 15) is 23.2 Å². The number of nitriles is 1. The van der Waals surface area contributed by atoms with Gasteiger partial charge in [0.15, 0.2) is 5.69 Å². The van der Waals surface area contributed by atoms with Crippen LogP contribution >= 0.6 is 11.3 Å². The van der Waals surface area contributed by atoms with Gasteiger partial charge in [-0.25, -0.2) is 0 Å². The van der Waals surface area contributed by atoms with Crippen LogP contribution in [-0.4, -0.2) is 52.9 Å². The Morgan fingerprint density at radius 2 is 2.08 bits per heavy atom. The Labute approximate surface area is 216 Å². The summed E-state index contributed by atoms with van der Waals surface area (Å²) >= 11 is 1.30. The summed E-state index contributed by atoms with van der Waals surface area (Å²) in [4.78, 5) is 21.1. The average Bonchev–Trinajstić information content (AvgIpc) is 3.52. The first-order valence-corrected chi connectivity index (χ1v) is 12.4. The first kappa shape index (κ1) is 26.6. The standard InChI is InChI=1S/C26H26F3N5O2S/c1-4-34-15-22(25(31-34)26(27,28)29)19-9-6-5-8-18(19)21-14-33(24(35)10-7-11-32(2)36-3)16-23-20(21)12-17(13-30)37-23/h5-10,12,15,21H,4,11,14,16H2,1-3H3/b10-7+/t21-/m0/s1. The van der Waals surface area contributed by atoms with E-state index in [1.807, 2.05) is 0 Å². The maximum atomic E-state index is 13.9. The number of likely N-dealkylation sites (N-methyl/N-ethyl adjacent to an activating group) is 1. The van der Waals surface area contributed by atoms with Crippen molar-refractivity contribution in [3.63, 3.8) is 0 Å². The fourth-order valence-electron chi connectivity index (χ4n) is 4.42. The largest absolute Gasteiger partial charge is 0.435 e. The molecule has 3 aromatic rings. The molecule has 0 N–H and O–H groups in total. The van der Waals surface area contributed by atoms with Crippen LogP contribution in [0.4, 0.5) is 13.2 Å². The molecule has 0 bridgehead atoms. The van der Waals surface area contributed by atoms with Crippen LogP contribution in [0.5, 0.6) is 0 Å². The van der Waals surface area contributed by atoms with Gasteiger partial charge in [0, 0.05) is 55.3 Å². The Morgan fingerprint density at radius 1 is 1.32 bits per heavy atom. The molecular weight excluding hydrogens is 503 g/mol. The molecule has 0 aliphatic carbocycles. The fourth-order valence-corrected chi connectivity index (χ4v) is 5.46. The van der Waals surface area contributed by atoms with Crippen LogP contribution in [0.3, 0.4) is 0 Å². The Hall–Kier alpha value is -3.46. The van der Waals surface area contributed by atoms with Crippen molar-refractivity contribution in [1.29, 1.82) is 5.26 Å². The van der Waals surface area contributed by atoms with Gasteiger partial charge in [-0.05, 0) is 29.7 Å². The molecule has 4 rings (SSSR count). The second-order valence-corrected chi connectivity index (χ2v) is 9.74. The van der Waals surface area contributed by atoms with Gasteiger partial charge in [-0.3, -0.25) is 9.48 Å². The van der Waals surface area contributed by atoms with Crippen molar-refractivity contribution in [2.75, 3.05) is 27.2 Å². The highest BCUT2D eigenvalue weighted by molar-refractivity contribution is 7.12. The maximum Gasteiger partial charge on any atom is 0.435 e. The number of rotatable bonds is 7. The first-order valence-electron chi connectivity index (χ1n) is 11.6. The molecule has 1 aliphatic rings. The molecule has 0 saturated heterocycles.